The average molecular weight is 258 g/mol. The van der Waals surface area contributed by atoms with Gasteiger partial charge in [-0.05, 0) is 51.0 Å². The van der Waals surface area contributed by atoms with E-state index >= 15 is 0 Å². The Labute approximate surface area is 113 Å². The molecule has 0 N–H and O–H groups in total. The van der Waals surface area contributed by atoms with E-state index in [-0.39, 0.29) is 12.5 Å². The van der Waals surface area contributed by atoms with E-state index in [1.165, 1.54) is 4.68 Å². The van der Waals surface area contributed by atoms with E-state index in [4.69, 9.17) is 4.74 Å². The first kappa shape index (κ1) is 13.3. The van der Waals surface area contributed by atoms with Crippen LogP contribution >= 0.6 is 0 Å². The van der Waals surface area contributed by atoms with Crippen LogP contribution in [-0.4, -0.2) is 22.3 Å². The minimum atomic E-state index is -0.161. The molecule has 1 aromatic carbocycles. The van der Waals surface area contributed by atoms with E-state index in [1.54, 1.807) is 0 Å². The monoisotopic (exact) mass is 258 g/mol. The first-order chi connectivity index (χ1) is 8.97. The molecule has 0 unspecified atom stereocenters. The van der Waals surface area contributed by atoms with E-state index < -0.39 is 0 Å². The summed E-state index contributed by atoms with van der Waals surface area (Å²) in [5.74, 6) is 0.585. The van der Waals surface area contributed by atoms with Crippen molar-refractivity contribution in [1.82, 2.24) is 9.78 Å². The van der Waals surface area contributed by atoms with Crippen molar-refractivity contribution in [2.24, 2.45) is 0 Å². The van der Waals surface area contributed by atoms with Gasteiger partial charge in [0, 0.05) is 5.69 Å². The standard InChI is InChI=1S/C15H18N2O2/c1-10-5-6-11(2)14(7-10)19-9-15(18)17-13(4)8-12(3)16-17/h5-8H,9H2,1-4H3. The third-order valence-electron chi connectivity index (χ3n) is 2.94. The van der Waals surface area contributed by atoms with Gasteiger partial charge in [0.05, 0.1) is 5.69 Å². The molecule has 19 heavy (non-hydrogen) atoms. The van der Waals surface area contributed by atoms with Gasteiger partial charge in [-0.1, -0.05) is 12.1 Å². The zero-order chi connectivity index (χ0) is 14.0. The highest BCUT2D eigenvalue weighted by Gasteiger charge is 2.11. The van der Waals surface area contributed by atoms with E-state index in [9.17, 15) is 4.79 Å². The quantitative estimate of drug-likeness (QED) is 0.850. The zero-order valence-electron chi connectivity index (χ0n) is 11.7. The predicted octanol–water partition coefficient (Wildman–Crippen LogP) is 2.84. The van der Waals surface area contributed by atoms with E-state index in [0.29, 0.717) is 0 Å². The van der Waals surface area contributed by atoms with Crippen LogP contribution in [0.4, 0.5) is 0 Å². The van der Waals surface area contributed by atoms with Gasteiger partial charge in [0.15, 0.2) is 6.61 Å². The van der Waals surface area contributed by atoms with E-state index in [2.05, 4.69) is 5.10 Å². The highest BCUT2D eigenvalue weighted by atomic mass is 16.5. The zero-order valence-corrected chi connectivity index (χ0v) is 11.7. The summed E-state index contributed by atoms with van der Waals surface area (Å²) in [5.41, 5.74) is 3.79. The Kier molecular flexibility index (Phi) is 3.69. The van der Waals surface area contributed by atoms with Crippen molar-refractivity contribution < 1.29 is 9.53 Å². The van der Waals surface area contributed by atoms with E-state index in [0.717, 1.165) is 28.3 Å². The largest absolute Gasteiger partial charge is 0.483 e. The molecule has 4 nitrogen and oxygen atoms in total. The van der Waals surface area contributed by atoms with Crippen molar-refractivity contribution in [2.75, 3.05) is 6.61 Å². The van der Waals surface area contributed by atoms with Gasteiger partial charge in [-0.2, -0.15) is 5.10 Å². The minimum absolute atomic E-state index is 0.00769. The second-order valence-corrected chi connectivity index (χ2v) is 4.79. The topological polar surface area (TPSA) is 44.1 Å². The van der Waals surface area contributed by atoms with Gasteiger partial charge in [0.2, 0.25) is 0 Å². The number of aryl methyl sites for hydroxylation is 4. The number of benzene rings is 1. The predicted molar refractivity (Wildman–Crippen MR) is 73.7 cm³/mol. The first-order valence-electron chi connectivity index (χ1n) is 6.24. The number of carbonyl (C=O) groups excluding carboxylic acids is 1. The van der Waals surface area contributed by atoms with Crippen LogP contribution in [-0.2, 0) is 0 Å². The molecule has 0 saturated carbocycles. The Hall–Kier alpha value is -2.10. The van der Waals surface area contributed by atoms with Crippen LogP contribution in [0.25, 0.3) is 0 Å². The average Bonchev–Trinajstić information content (AvgIpc) is 2.69. The number of ether oxygens (including phenoxy) is 1. The fraction of sp³-hybridized carbons (Fsp3) is 0.333. The van der Waals surface area contributed by atoms with Crippen LogP contribution in [0.1, 0.15) is 27.3 Å². The maximum atomic E-state index is 12.0. The number of nitrogens with zero attached hydrogens (tertiary/aromatic N) is 2. The van der Waals surface area contributed by atoms with Gasteiger partial charge >= 0.3 is 0 Å². The highest BCUT2D eigenvalue weighted by molar-refractivity contribution is 5.80. The molecule has 0 radical (unpaired) electrons. The van der Waals surface area contributed by atoms with Gasteiger partial charge in [-0.15, -0.1) is 0 Å². The Morgan fingerprint density at radius 1 is 1.21 bits per heavy atom. The highest BCUT2D eigenvalue weighted by Crippen LogP contribution is 2.19. The molecule has 2 rings (SSSR count). The van der Waals surface area contributed by atoms with Gasteiger partial charge < -0.3 is 4.74 Å². The lowest BCUT2D eigenvalue weighted by Crippen LogP contribution is -2.21. The normalized spacial score (nSPS) is 10.5. The Morgan fingerprint density at radius 3 is 2.58 bits per heavy atom. The number of hydrogen-bond donors (Lipinski definition) is 0. The summed E-state index contributed by atoms with van der Waals surface area (Å²) in [6.07, 6.45) is 0. The van der Waals surface area contributed by atoms with Crippen molar-refractivity contribution in [3.05, 3.63) is 46.8 Å². The minimum Gasteiger partial charge on any atom is -0.483 e. The van der Waals surface area contributed by atoms with Crippen LogP contribution in [0.5, 0.6) is 5.75 Å². The summed E-state index contributed by atoms with van der Waals surface area (Å²) in [4.78, 5) is 12.0. The molecule has 0 spiro atoms. The molecule has 100 valence electrons. The van der Waals surface area contributed by atoms with Gasteiger partial charge in [-0.3, -0.25) is 4.79 Å². The molecule has 1 aromatic heterocycles. The van der Waals surface area contributed by atoms with Crippen LogP contribution < -0.4 is 4.74 Å². The first-order valence-corrected chi connectivity index (χ1v) is 6.24. The van der Waals surface area contributed by atoms with Crippen molar-refractivity contribution in [3.8, 4) is 5.75 Å². The molecule has 0 aliphatic carbocycles. The number of carbonyl (C=O) groups is 1. The SMILES string of the molecule is Cc1ccc(C)c(OCC(=O)n2nc(C)cc2C)c1. The molecule has 0 saturated heterocycles. The van der Waals surface area contributed by atoms with Crippen LogP contribution in [0.2, 0.25) is 0 Å². The third-order valence-corrected chi connectivity index (χ3v) is 2.94. The van der Waals surface area contributed by atoms with Gasteiger partial charge in [0.1, 0.15) is 5.75 Å². The number of aromatic nitrogens is 2. The summed E-state index contributed by atoms with van der Waals surface area (Å²) in [5, 5.41) is 4.15. The Balaban J connectivity index is 2.08. The molecule has 0 bridgehead atoms. The number of rotatable bonds is 3. The molecular weight excluding hydrogens is 240 g/mol. The summed E-state index contributed by atoms with van der Waals surface area (Å²) in [6, 6.07) is 7.81. The molecule has 1 heterocycles. The Morgan fingerprint density at radius 2 is 1.95 bits per heavy atom. The molecule has 0 aliphatic heterocycles. The van der Waals surface area contributed by atoms with E-state index in [1.807, 2.05) is 52.0 Å². The maximum absolute atomic E-state index is 12.0. The van der Waals surface area contributed by atoms with Crippen molar-refractivity contribution in [2.45, 2.75) is 27.7 Å². The summed E-state index contributed by atoms with van der Waals surface area (Å²) < 4.78 is 6.98. The summed E-state index contributed by atoms with van der Waals surface area (Å²) in [6.45, 7) is 7.67. The van der Waals surface area contributed by atoms with Crippen molar-refractivity contribution in [1.29, 1.82) is 0 Å². The lowest BCUT2D eigenvalue weighted by Gasteiger charge is -2.09. The molecule has 0 aliphatic rings. The fourth-order valence-electron chi connectivity index (χ4n) is 1.94. The molecule has 4 heteroatoms. The molecule has 0 atom stereocenters. The van der Waals surface area contributed by atoms with Crippen LogP contribution in [0.15, 0.2) is 24.3 Å². The molecular formula is C15H18N2O2. The van der Waals surface area contributed by atoms with Crippen molar-refractivity contribution >= 4 is 5.91 Å². The second kappa shape index (κ2) is 5.26. The van der Waals surface area contributed by atoms with Crippen LogP contribution in [0.3, 0.4) is 0 Å². The van der Waals surface area contributed by atoms with Gasteiger partial charge in [-0.25, -0.2) is 4.68 Å². The fourth-order valence-corrected chi connectivity index (χ4v) is 1.94. The number of hydrogen-bond acceptors (Lipinski definition) is 3. The van der Waals surface area contributed by atoms with Gasteiger partial charge in [0.25, 0.3) is 5.91 Å². The summed E-state index contributed by atoms with van der Waals surface area (Å²) in [7, 11) is 0. The molecule has 0 fully saturated rings. The van der Waals surface area contributed by atoms with Crippen molar-refractivity contribution in [3.63, 3.8) is 0 Å². The molecule has 0 amide bonds. The second-order valence-electron chi connectivity index (χ2n) is 4.79. The molecule has 2 aromatic rings. The smallest absolute Gasteiger partial charge is 0.284 e. The van der Waals surface area contributed by atoms with Crippen LogP contribution in [0, 0.1) is 27.7 Å². The Bertz CT molecular complexity index is 615. The maximum Gasteiger partial charge on any atom is 0.284 e. The lowest BCUT2D eigenvalue weighted by atomic mass is 10.1. The third kappa shape index (κ3) is 3.02. The summed E-state index contributed by atoms with van der Waals surface area (Å²) >= 11 is 0. The lowest BCUT2D eigenvalue weighted by molar-refractivity contribution is 0.0817.